The molecular formula is C18H29BN2O4. The predicted octanol–water partition coefficient (Wildman–Crippen LogP) is 1.86. The number of rotatable bonds is 4. The Balaban J connectivity index is 0.00000288. The van der Waals surface area contributed by atoms with Crippen LogP contribution >= 0.6 is 0 Å². The first-order chi connectivity index (χ1) is 10.8. The number of hydrogen-bond donors (Lipinski definition) is 1. The smallest absolute Gasteiger partial charge is 0.870 e. The molecule has 0 radical (unpaired) electrons. The van der Waals surface area contributed by atoms with Crippen LogP contribution in [0, 0.1) is 5.92 Å². The second-order valence-corrected chi connectivity index (χ2v) is 7.34. The van der Waals surface area contributed by atoms with Crippen molar-refractivity contribution in [1.29, 1.82) is 0 Å². The van der Waals surface area contributed by atoms with E-state index in [0.29, 0.717) is 12.5 Å². The number of piperidine rings is 1. The summed E-state index contributed by atoms with van der Waals surface area (Å²) in [6, 6.07) is 8.08. The van der Waals surface area contributed by atoms with Crippen LogP contribution in [0.1, 0.15) is 39.2 Å². The van der Waals surface area contributed by atoms with Crippen LogP contribution in [0.2, 0.25) is 0 Å². The number of carbonyl (C=O) groups is 1. The summed E-state index contributed by atoms with van der Waals surface area (Å²) in [5.74, 6) is 0.533. The van der Waals surface area contributed by atoms with Gasteiger partial charge in [0.15, 0.2) is 0 Å². The van der Waals surface area contributed by atoms with Crippen molar-refractivity contribution in [3.63, 3.8) is 0 Å². The zero-order valence-corrected chi connectivity index (χ0v) is 15.4. The van der Waals surface area contributed by atoms with E-state index < -0.39 is 5.60 Å². The molecule has 138 valence electrons. The molecule has 0 aromatic heterocycles. The molecule has 1 aromatic rings. The van der Waals surface area contributed by atoms with Gasteiger partial charge in [0.05, 0.1) is 0 Å². The Labute approximate surface area is 152 Å². The van der Waals surface area contributed by atoms with E-state index in [4.69, 9.17) is 12.6 Å². The molecule has 1 amide bonds. The molecule has 1 aliphatic rings. The van der Waals surface area contributed by atoms with Crippen LogP contribution in [-0.4, -0.2) is 55.0 Å². The Morgan fingerprint density at radius 3 is 2.28 bits per heavy atom. The van der Waals surface area contributed by atoms with E-state index in [1.165, 1.54) is 5.56 Å². The summed E-state index contributed by atoms with van der Waals surface area (Å²) in [4.78, 5) is 14.1. The van der Waals surface area contributed by atoms with Gasteiger partial charge in [0.2, 0.25) is 0 Å². The standard InChI is InChI=1S/C18H27BN2O2.2H2O/c1-18(2,3)23-17(22)20-12-14-8-10-21(11-9-14)13-15-4-6-16(19)7-5-15;;/h4-7,14H,8-13H2,1-3H3,(H,20,22);2*1H2/q+2;;/p-2. The third-order valence-corrected chi connectivity index (χ3v) is 4.03. The number of nitrogens with zero attached hydrogens (tertiary/aromatic N) is 1. The van der Waals surface area contributed by atoms with Crippen LogP contribution in [0.5, 0.6) is 0 Å². The molecule has 0 bridgehead atoms. The number of nitrogens with one attached hydrogen (secondary N) is 1. The molecular weight excluding hydrogens is 319 g/mol. The minimum absolute atomic E-state index is 0. The summed E-state index contributed by atoms with van der Waals surface area (Å²) < 4.78 is 5.27. The van der Waals surface area contributed by atoms with Crippen molar-refractivity contribution >= 4 is 19.4 Å². The fraction of sp³-hybridized carbons (Fsp3) is 0.611. The van der Waals surface area contributed by atoms with E-state index in [1.807, 2.05) is 32.9 Å². The van der Waals surface area contributed by atoms with Gasteiger partial charge in [0, 0.05) is 0 Å². The number of amides is 1. The van der Waals surface area contributed by atoms with Crippen molar-refractivity contribution in [1.82, 2.24) is 10.2 Å². The molecule has 1 aliphatic heterocycles. The molecule has 6 nitrogen and oxygen atoms in total. The zero-order chi connectivity index (χ0) is 16.9. The van der Waals surface area contributed by atoms with Gasteiger partial charge in [0.1, 0.15) is 5.60 Å². The van der Waals surface area contributed by atoms with Crippen molar-refractivity contribution in [2.75, 3.05) is 19.6 Å². The third kappa shape index (κ3) is 8.91. The van der Waals surface area contributed by atoms with E-state index in [-0.39, 0.29) is 17.0 Å². The van der Waals surface area contributed by atoms with Gasteiger partial charge in [-0.2, -0.15) is 0 Å². The van der Waals surface area contributed by atoms with Gasteiger partial charge in [-0.15, -0.1) is 0 Å². The number of likely N-dealkylation sites (tertiary alicyclic amines) is 1. The van der Waals surface area contributed by atoms with Gasteiger partial charge in [-0.3, -0.25) is 0 Å². The summed E-state index contributed by atoms with van der Waals surface area (Å²) >= 11 is 0. The Morgan fingerprint density at radius 1 is 1.20 bits per heavy atom. The molecule has 1 aromatic carbocycles. The molecule has 0 spiro atoms. The SMILES string of the molecule is [B+2]c1ccc(CN2CCC(CNC(=O)OC(C)(C)C)CC2)cc1.[OH-].[OH-]. The summed E-state index contributed by atoms with van der Waals surface area (Å²) in [5.41, 5.74) is 1.66. The molecule has 0 aliphatic carbocycles. The molecule has 3 N–H and O–H groups in total. The summed E-state index contributed by atoms with van der Waals surface area (Å²) in [6.45, 7) is 9.42. The number of hydrogen-bond acceptors (Lipinski definition) is 5. The first-order valence-corrected chi connectivity index (χ1v) is 8.35. The van der Waals surface area contributed by atoms with Crippen LogP contribution < -0.4 is 10.8 Å². The normalized spacial score (nSPS) is 15.7. The van der Waals surface area contributed by atoms with Gasteiger partial charge in [-0.1, -0.05) is 0 Å². The average molecular weight is 348 g/mol. The molecule has 0 atom stereocenters. The monoisotopic (exact) mass is 348 g/mol. The first kappa shape index (κ1) is 23.4. The van der Waals surface area contributed by atoms with Gasteiger partial charge >= 0.3 is 104 Å². The van der Waals surface area contributed by atoms with Crippen LogP contribution in [0.3, 0.4) is 0 Å². The minimum Gasteiger partial charge on any atom is -0.870 e. The summed E-state index contributed by atoms with van der Waals surface area (Å²) in [6.07, 6.45) is 1.89. The average Bonchev–Trinajstić information content (AvgIpc) is 2.47. The van der Waals surface area contributed by atoms with E-state index >= 15 is 0 Å². The fourth-order valence-corrected chi connectivity index (χ4v) is 2.77. The van der Waals surface area contributed by atoms with E-state index in [0.717, 1.165) is 37.9 Å². The van der Waals surface area contributed by atoms with Crippen molar-refractivity contribution in [2.24, 2.45) is 5.92 Å². The maximum Gasteiger partial charge on any atom is -0.870 e. The minimum atomic E-state index is -0.438. The van der Waals surface area contributed by atoms with E-state index in [1.54, 1.807) is 0 Å². The molecule has 1 saturated heterocycles. The van der Waals surface area contributed by atoms with Crippen LogP contribution in [0.15, 0.2) is 24.3 Å². The number of alkyl carbamates (subject to hydrolysis) is 1. The Hall–Kier alpha value is -1.57. The number of ether oxygens (including phenoxy) is 1. The van der Waals surface area contributed by atoms with E-state index in [9.17, 15) is 4.79 Å². The van der Waals surface area contributed by atoms with Crippen molar-refractivity contribution < 1.29 is 20.5 Å². The van der Waals surface area contributed by atoms with Crippen molar-refractivity contribution in [3.8, 4) is 0 Å². The second-order valence-electron chi connectivity index (χ2n) is 7.34. The first-order valence-electron chi connectivity index (χ1n) is 8.35. The molecule has 1 fully saturated rings. The van der Waals surface area contributed by atoms with E-state index in [2.05, 4.69) is 22.3 Å². The topological polar surface area (TPSA) is 102 Å². The third-order valence-electron chi connectivity index (χ3n) is 4.03. The predicted molar refractivity (Wildman–Crippen MR) is 97.9 cm³/mol. The summed E-state index contributed by atoms with van der Waals surface area (Å²) in [7, 11) is 5.72. The van der Waals surface area contributed by atoms with Crippen LogP contribution in [0.4, 0.5) is 4.79 Å². The Kier molecular flexibility index (Phi) is 9.78. The maximum atomic E-state index is 11.7. The fourth-order valence-electron chi connectivity index (χ4n) is 2.77. The Bertz CT molecular complexity index is 509. The van der Waals surface area contributed by atoms with Crippen LogP contribution in [-0.2, 0) is 11.3 Å². The van der Waals surface area contributed by atoms with Gasteiger partial charge in [-0.25, -0.2) is 4.79 Å². The van der Waals surface area contributed by atoms with Crippen molar-refractivity contribution in [3.05, 3.63) is 29.8 Å². The second kappa shape index (κ2) is 10.4. The van der Waals surface area contributed by atoms with Crippen LogP contribution in [0.25, 0.3) is 0 Å². The molecule has 7 heteroatoms. The van der Waals surface area contributed by atoms with Gasteiger partial charge in [-0.05, 0) is 20.8 Å². The zero-order valence-electron chi connectivity index (χ0n) is 15.4. The maximum absolute atomic E-state index is 11.7. The van der Waals surface area contributed by atoms with Gasteiger partial charge in [0.25, 0.3) is 0 Å². The molecule has 2 rings (SSSR count). The summed E-state index contributed by atoms with van der Waals surface area (Å²) in [5, 5.41) is 2.89. The molecule has 0 saturated carbocycles. The molecule has 0 unspecified atom stereocenters. The number of carbonyl (C=O) groups excluding carboxylic acids is 1. The molecule has 25 heavy (non-hydrogen) atoms. The quantitative estimate of drug-likeness (QED) is 0.837. The van der Waals surface area contributed by atoms with Crippen molar-refractivity contribution in [2.45, 2.75) is 45.8 Å². The largest absolute Gasteiger partial charge is 0.870 e. The van der Waals surface area contributed by atoms with Gasteiger partial charge < -0.3 is 15.7 Å². The Morgan fingerprint density at radius 2 is 1.76 bits per heavy atom. The number of benzene rings is 1. The molecule has 1 heterocycles.